The monoisotopic (exact) mass is 415 g/mol. The van der Waals surface area contributed by atoms with Gasteiger partial charge in [-0.1, -0.05) is 0 Å². The molecule has 2 heterocycles. The van der Waals surface area contributed by atoms with Crippen LogP contribution in [0.3, 0.4) is 0 Å². The number of hydrogen-bond acceptors (Lipinski definition) is 6. The molecule has 0 bridgehead atoms. The maximum Gasteiger partial charge on any atom is 0.196 e. The fourth-order valence-corrected chi connectivity index (χ4v) is 4.44. The van der Waals surface area contributed by atoms with Crippen LogP contribution >= 0.6 is 11.3 Å². The molecule has 0 amide bonds. The summed E-state index contributed by atoms with van der Waals surface area (Å²) in [4.78, 5) is 17.8. The number of anilines is 1. The van der Waals surface area contributed by atoms with Crippen molar-refractivity contribution in [2.45, 2.75) is 6.42 Å². The van der Waals surface area contributed by atoms with Crippen molar-refractivity contribution in [2.24, 2.45) is 0 Å². The minimum absolute atomic E-state index is 0.0858. The van der Waals surface area contributed by atoms with Crippen LogP contribution in [0, 0.1) is 11.6 Å². The largest absolute Gasteiger partial charge is 0.395 e. The first kappa shape index (κ1) is 19.6. The Kier molecular flexibility index (Phi) is 5.66. The van der Waals surface area contributed by atoms with Crippen molar-refractivity contribution in [2.75, 3.05) is 31.6 Å². The van der Waals surface area contributed by atoms with E-state index in [1.807, 2.05) is 0 Å². The van der Waals surface area contributed by atoms with Gasteiger partial charge in [0.15, 0.2) is 5.43 Å². The van der Waals surface area contributed by atoms with E-state index < -0.39 is 11.6 Å². The molecule has 4 rings (SSSR count). The third-order valence-electron chi connectivity index (χ3n) is 4.64. The van der Waals surface area contributed by atoms with E-state index in [1.165, 1.54) is 41.7 Å². The number of aromatic nitrogens is 1. The third kappa shape index (κ3) is 3.91. The van der Waals surface area contributed by atoms with Crippen molar-refractivity contribution in [1.82, 2.24) is 10.3 Å². The highest BCUT2D eigenvalue weighted by atomic mass is 32.1. The van der Waals surface area contributed by atoms with Crippen LogP contribution in [0.1, 0.15) is 6.42 Å². The number of hydrogen-bond donors (Lipinski definition) is 3. The molecular formula is C21H19F2N3O2S. The lowest BCUT2D eigenvalue weighted by molar-refractivity contribution is 0.292. The molecule has 2 aromatic heterocycles. The van der Waals surface area contributed by atoms with Gasteiger partial charge in [0.1, 0.15) is 17.5 Å². The molecule has 0 radical (unpaired) electrons. The zero-order chi connectivity index (χ0) is 20.4. The van der Waals surface area contributed by atoms with E-state index in [-0.39, 0.29) is 17.4 Å². The van der Waals surface area contributed by atoms with Gasteiger partial charge in [-0.15, -0.1) is 11.3 Å². The topological polar surface area (TPSA) is 74.2 Å². The van der Waals surface area contributed by atoms with E-state index in [4.69, 9.17) is 5.11 Å². The molecule has 29 heavy (non-hydrogen) atoms. The van der Waals surface area contributed by atoms with Gasteiger partial charge >= 0.3 is 0 Å². The van der Waals surface area contributed by atoms with Crippen molar-refractivity contribution in [3.8, 4) is 0 Å². The molecule has 0 aliphatic rings. The Hall–Kier alpha value is -2.68. The molecule has 0 spiro atoms. The van der Waals surface area contributed by atoms with Crippen LogP contribution in [0.5, 0.6) is 0 Å². The van der Waals surface area contributed by atoms with Crippen LogP contribution in [-0.4, -0.2) is 36.3 Å². The first-order chi connectivity index (χ1) is 14.1. The Morgan fingerprint density at radius 3 is 2.55 bits per heavy atom. The van der Waals surface area contributed by atoms with Gasteiger partial charge in [0.2, 0.25) is 0 Å². The van der Waals surface area contributed by atoms with Crippen LogP contribution in [0.25, 0.3) is 31.1 Å². The van der Waals surface area contributed by atoms with E-state index in [2.05, 4.69) is 15.6 Å². The summed E-state index contributed by atoms with van der Waals surface area (Å²) in [6, 6.07) is 8.26. The molecule has 0 atom stereocenters. The second kappa shape index (κ2) is 8.36. The molecule has 0 aliphatic heterocycles. The minimum Gasteiger partial charge on any atom is -0.395 e. The van der Waals surface area contributed by atoms with Gasteiger partial charge in [-0.25, -0.2) is 13.8 Å². The van der Waals surface area contributed by atoms with Gasteiger partial charge in [-0.05, 0) is 49.4 Å². The van der Waals surface area contributed by atoms with Gasteiger partial charge in [0.25, 0.3) is 0 Å². The second-order valence-electron chi connectivity index (χ2n) is 6.65. The SMILES string of the molecule is O=c1c2cc(F)ccc2sc2c(NCCCNCCO)nc3ccc(F)cc3c12. The lowest BCUT2D eigenvalue weighted by Gasteiger charge is -2.12. The van der Waals surface area contributed by atoms with E-state index in [9.17, 15) is 13.6 Å². The summed E-state index contributed by atoms with van der Waals surface area (Å²) < 4.78 is 28.9. The summed E-state index contributed by atoms with van der Waals surface area (Å²) in [5.41, 5.74) is 0.166. The Bertz CT molecular complexity index is 1260. The van der Waals surface area contributed by atoms with Crippen LogP contribution in [0.4, 0.5) is 14.6 Å². The maximum atomic E-state index is 13.9. The van der Waals surface area contributed by atoms with Gasteiger partial charge in [0, 0.05) is 28.6 Å². The molecule has 4 aromatic rings. The van der Waals surface area contributed by atoms with E-state index in [1.54, 1.807) is 6.07 Å². The molecule has 2 aromatic carbocycles. The summed E-state index contributed by atoms with van der Waals surface area (Å²) in [5.74, 6) is -0.394. The third-order valence-corrected chi connectivity index (χ3v) is 5.82. The number of nitrogens with one attached hydrogen (secondary N) is 2. The number of aliphatic hydroxyl groups excluding tert-OH is 1. The predicted molar refractivity (Wildman–Crippen MR) is 114 cm³/mol. The molecule has 8 heteroatoms. The summed E-state index contributed by atoms with van der Waals surface area (Å²) in [7, 11) is 0. The summed E-state index contributed by atoms with van der Waals surface area (Å²) in [6.07, 6.45) is 0.790. The fraction of sp³-hybridized carbons (Fsp3) is 0.238. The van der Waals surface area contributed by atoms with Gasteiger partial charge in [-0.2, -0.15) is 0 Å². The molecule has 0 unspecified atom stereocenters. The normalized spacial score (nSPS) is 11.6. The van der Waals surface area contributed by atoms with Crippen LogP contribution in [0.15, 0.2) is 41.2 Å². The van der Waals surface area contributed by atoms with Crippen molar-refractivity contribution in [3.63, 3.8) is 0 Å². The van der Waals surface area contributed by atoms with Crippen molar-refractivity contribution >= 4 is 48.2 Å². The minimum atomic E-state index is -0.487. The number of nitrogens with zero attached hydrogens (tertiary/aromatic N) is 1. The standard InChI is InChI=1S/C21H19F2N3O2S/c22-12-2-4-16-14(10-12)18-19(28)15-11-13(23)3-5-17(15)29-20(18)21(26-16)25-7-1-6-24-8-9-27/h2-5,10-11,24,27H,1,6-9H2,(H,25,26). The molecule has 0 saturated heterocycles. The van der Waals surface area contributed by atoms with Gasteiger partial charge in [0.05, 0.1) is 22.2 Å². The Balaban J connectivity index is 1.86. The van der Waals surface area contributed by atoms with Crippen LogP contribution in [-0.2, 0) is 0 Å². The van der Waals surface area contributed by atoms with E-state index >= 15 is 0 Å². The van der Waals surface area contributed by atoms with Crippen molar-refractivity contribution in [3.05, 3.63) is 58.3 Å². The van der Waals surface area contributed by atoms with Crippen molar-refractivity contribution < 1.29 is 13.9 Å². The smallest absolute Gasteiger partial charge is 0.196 e. The number of benzene rings is 2. The molecule has 0 aliphatic carbocycles. The highest BCUT2D eigenvalue weighted by Gasteiger charge is 2.16. The average Bonchev–Trinajstić information content (AvgIpc) is 2.71. The molecular weight excluding hydrogens is 396 g/mol. The van der Waals surface area contributed by atoms with E-state index in [0.29, 0.717) is 44.6 Å². The Labute approximate surface area is 169 Å². The zero-order valence-electron chi connectivity index (χ0n) is 15.5. The van der Waals surface area contributed by atoms with Crippen LogP contribution < -0.4 is 16.1 Å². The van der Waals surface area contributed by atoms with Crippen LogP contribution in [0.2, 0.25) is 0 Å². The lowest BCUT2D eigenvalue weighted by Crippen LogP contribution is -2.21. The quantitative estimate of drug-likeness (QED) is 0.244. The zero-order valence-corrected chi connectivity index (χ0v) is 16.3. The van der Waals surface area contributed by atoms with E-state index in [0.717, 1.165) is 13.0 Å². The summed E-state index contributed by atoms with van der Waals surface area (Å²) >= 11 is 1.33. The highest BCUT2D eigenvalue weighted by molar-refractivity contribution is 7.25. The number of fused-ring (bicyclic) bond motifs is 4. The number of aliphatic hydroxyl groups is 1. The second-order valence-corrected chi connectivity index (χ2v) is 7.70. The summed E-state index contributed by atoms with van der Waals surface area (Å²) in [5, 5.41) is 16.2. The first-order valence-electron chi connectivity index (χ1n) is 9.29. The molecule has 150 valence electrons. The molecule has 3 N–H and O–H groups in total. The predicted octanol–water partition coefficient (Wildman–Crippen LogP) is 3.63. The lowest BCUT2D eigenvalue weighted by atomic mass is 10.1. The maximum absolute atomic E-state index is 13.9. The molecule has 5 nitrogen and oxygen atoms in total. The molecule has 0 fully saturated rings. The van der Waals surface area contributed by atoms with Crippen molar-refractivity contribution in [1.29, 1.82) is 0 Å². The highest BCUT2D eigenvalue weighted by Crippen LogP contribution is 2.34. The first-order valence-corrected chi connectivity index (χ1v) is 10.1. The Morgan fingerprint density at radius 1 is 1.00 bits per heavy atom. The number of rotatable bonds is 7. The number of pyridine rings is 1. The Morgan fingerprint density at radius 2 is 1.76 bits per heavy atom. The number of halogens is 2. The van der Waals surface area contributed by atoms with Gasteiger partial charge < -0.3 is 15.7 Å². The molecule has 0 saturated carbocycles. The fourth-order valence-electron chi connectivity index (χ4n) is 3.30. The summed E-state index contributed by atoms with van der Waals surface area (Å²) in [6.45, 7) is 1.95. The van der Waals surface area contributed by atoms with Gasteiger partial charge in [-0.3, -0.25) is 4.79 Å². The average molecular weight is 415 g/mol.